The first kappa shape index (κ1) is 20.5. The molecule has 1 aliphatic rings. The standard InChI is InChI=1S/C19H14ClF3N4O2S/c20-17-12(18(28)26-30-11-4-2-1-3-5-11)6-7-15(24-17)27-9-8-16(25-27)29-14-10-13(14)19(21,22)23/h1-9,13-14H,10H2,(H,26,28)/t13-,14?/m1/s1. The topological polar surface area (TPSA) is 69.0 Å². The Kier molecular flexibility index (Phi) is 5.61. The van der Waals surface area contributed by atoms with E-state index in [1.807, 2.05) is 30.3 Å². The molecule has 2 atom stereocenters. The zero-order valence-electron chi connectivity index (χ0n) is 15.1. The van der Waals surface area contributed by atoms with E-state index < -0.39 is 24.1 Å². The number of nitrogens with zero attached hydrogens (tertiary/aromatic N) is 3. The van der Waals surface area contributed by atoms with Gasteiger partial charge in [-0.15, -0.1) is 5.10 Å². The summed E-state index contributed by atoms with van der Waals surface area (Å²) in [6.07, 6.45) is -3.77. The van der Waals surface area contributed by atoms with E-state index in [1.54, 1.807) is 0 Å². The van der Waals surface area contributed by atoms with Crippen LogP contribution in [0.25, 0.3) is 5.82 Å². The van der Waals surface area contributed by atoms with Crippen LogP contribution in [0.5, 0.6) is 5.88 Å². The van der Waals surface area contributed by atoms with Crippen molar-refractivity contribution in [2.24, 2.45) is 5.92 Å². The molecule has 2 heterocycles. The largest absolute Gasteiger partial charge is 0.473 e. The van der Waals surface area contributed by atoms with Gasteiger partial charge in [-0.3, -0.25) is 9.52 Å². The summed E-state index contributed by atoms with van der Waals surface area (Å²) in [6, 6.07) is 13.7. The fraction of sp³-hybridized carbons (Fsp3) is 0.211. The zero-order valence-corrected chi connectivity index (χ0v) is 16.7. The van der Waals surface area contributed by atoms with Crippen molar-refractivity contribution in [3.63, 3.8) is 0 Å². The van der Waals surface area contributed by atoms with Crippen molar-refractivity contribution < 1.29 is 22.7 Å². The lowest BCUT2D eigenvalue weighted by Gasteiger charge is -2.07. The Labute approximate surface area is 178 Å². The molecule has 1 amide bonds. The summed E-state index contributed by atoms with van der Waals surface area (Å²) in [5.74, 6) is -1.51. The lowest BCUT2D eigenvalue weighted by atomic mass is 10.3. The maximum atomic E-state index is 12.6. The van der Waals surface area contributed by atoms with Crippen molar-refractivity contribution in [1.29, 1.82) is 0 Å². The maximum Gasteiger partial charge on any atom is 0.395 e. The van der Waals surface area contributed by atoms with Gasteiger partial charge in [-0.1, -0.05) is 29.8 Å². The fourth-order valence-electron chi connectivity index (χ4n) is 2.67. The Bertz CT molecular complexity index is 1060. The number of alkyl halides is 3. The molecule has 1 N–H and O–H groups in total. The summed E-state index contributed by atoms with van der Waals surface area (Å²) in [6.45, 7) is 0. The maximum absolute atomic E-state index is 12.6. The van der Waals surface area contributed by atoms with Crippen molar-refractivity contribution in [1.82, 2.24) is 19.5 Å². The predicted octanol–water partition coefficient (Wildman–Crippen LogP) is 4.69. The SMILES string of the molecule is O=C(NSc1ccccc1)c1ccc(-n2ccc(OC3C[C@H]3C(F)(F)F)n2)nc1Cl. The number of aromatic nitrogens is 3. The third-order valence-electron chi connectivity index (χ3n) is 4.31. The van der Waals surface area contributed by atoms with Gasteiger partial charge in [0.15, 0.2) is 5.82 Å². The number of amides is 1. The molecule has 1 fully saturated rings. The molecule has 1 unspecified atom stereocenters. The highest BCUT2D eigenvalue weighted by Gasteiger charge is 2.57. The summed E-state index contributed by atoms with van der Waals surface area (Å²) >= 11 is 7.30. The van der Waals surface area contributed by atoms with E-state index in [9.17, 15) is 18.0 Å². The lowest BCUT2D eigenvalue weighted by molar-refractivity contribution is -0.153. The number of carbonyl (C=O) groups excluding carboxylic acids is 1. The van der Waals surface area contributed by atoms with Crippen LogP contribution in [0.4, 0.5) is 13.2 Å². The van der Waals surface area contributed by atoms with Gasteiger partial charge in [-0.05, 0) is 42.6 Å². The first-order chi connectivity index (χ1) is 14.3. The van der Waals surface area contributed by atoms with Crippen LogP contribution in [-0.4, -0.2) is 33.0 Å². The van der Waals surface area contributed by atoms with Crippen molar-refractivity contribution in [2.45, 2.75) is 23.6 Å². The van der Waals surface area contributed by atoms with Gasteiger partial charge in [-0.25, -0.2) is 9.67 Å². The Hall–Kier alpha value is -2.72. The van der Waals surface area contributed by atoms with Crippen LogP contribution in [-0.2, 0) is 0 Å². The fourth-order valence-corrected chi connectivity index (χ4v) is 3.52. The molecular weight excluding hydrogens is 441 g/mol. The number of hydrogen-bond acceptors (Lipinski definition) is 5. The number of ether oxygens (including phenoxy) is 1. The first-order valence-electron chi connectivity index (χ1n) is 8.79. The van der Waals surface area contributed by atoms with E-state index >= 15 is 0 Å². The molecule has 0 aliphatic heterocycles. The minimum atomic E-state index is -4.27. The van der Waals surface area contributed by atoms with Crippen LogP contribution in [0.1, 0.15) is 16.8 Å². The molecule has 2 aromatic heterocycles. The zero-order chi connectivity index (χ0) is 21.3. The Balaban J connectivity index is 1.40. The smallest absolute Gasteiger partial charge is 0.395 e. The number of hydrogen-bond donors (Lipinski definition) is 1. The van der Waals surface area contributed by atoms with Crippen molar-refractivity contribution in [2.75, 3.05) is 0 Å². The molecule has 1 aliphatic carbocycles. The second-order valence-electron chi connectivity index (χ2n) is 6.49. The molecular formula is C19H14ClF3N4O2S. The average Bonchev–Trinajstić information content (AvgIpc) is 3.35. The second-order valence-corrected chi connectivity index (χ2v) is 7.73. The van der Waals surface area contributed by atoms with Crippen LogP contribution in [0.15, 0.2) is 59.6 Å². The molecule has 0 spiro atoms. The summed E-state index contributed by atoms with van der Waals surface area (Å²) < 4.78 is 47.0. The van der Waals surface area contributed by atoms with Gasteiger partial charge in [0.1, 0.15) is 11.3 Å². The minimum absolute atomic E-state index is 0.0315. The van der Waals surface area contributed by atoms with Gasteiger partial charge in [0, 0.05) is 17.2 Å². The molecule has 0 saturated heterocycles. The Morgan fingerprint density at radius 1 is 1.20 bits per heavy atom. The summed E-state index contributed by atoms with van der Waals surface area (Å²) in [5.41, 5.74) is 0.179. The first-order valence-corrected chi connectivity index (χ1v) is 9.99. The van der Waals surface area contributed by atoms with Gasteiger partial charge in [0.05, 0.1) is 11.5 Å². The van der Waals surface area contributed by atoms with Crippen molar-refractivity contribution >= 4 is 29.5 Å². The van der Waals surface area contributed by atoms with E-state index in [1.165, 1.54) is 29.1 Å². The molecule has 156 valence electrons. The highest BCUT2D eigenvalue weighted by molar-refractivity contribution is 7.98. The highest BCUT2D eigenvalue weighted by atomic mass is 35.5. The molecule has 0 radical (unpaired) electrons. The lowest BCUT2D eigenvalue weighted by Crippen LogP contribution is -2.17. The molecule has 30 heavy (non-hydrogen) atoms. The van der Waals surface area contributed by atoms with Gasteiger partial charge in [-0.2, -0.15) is 13.2 Å². The van der Waals surface area contributed by atoms with Crippen LogP contribution >= 0.6 is 23.5 Å². The molecule has 3 aromatic rings. The van der Waals surface area contributed by atoms with E-state index in [0.717, 1.165) is 16.8 Å². The third-order valence-corrected chi connectivity index (χ3v) is 5.39. The second kappa shape index (κ2) is 8.19. The molecule has 6 nitrogen and oxygen atoms in total. The van der Waals surface area contributed by atoms with Gasteiger partial charge >= 0.3 is 6.18 Å². The van der Waals surface area contributed by atoms with Crippen LogP contribution in [0, 0.1) is 5.92 Å². The van der Waals surface area contributed by atoms with Crippen molar-refractivity contribution in [3.8, 4) is 11.7 Å². The van der Waals surface area contributed by atoms with E-state index in [0.29, 0.717) is 5.82 Å². The molecule has 1 saturated carbocycles. The summed E-state index contributed by atoms with van der Waals surface area (Å²) in [4.78, 5) is 17.3. The summed E-state index contributed by atoms with van der Waals surface area (Å²) in [7, 11) is 0. The Morgan fingerprint density at radius 3 is 2.63 bits per heavy atom. The number of pyridine rings is 1. The average molecular weight is 455 g/mol. The van der Waals surface area contributed by atoms with Gasteiger partial charge in [0.2, 0.25) is 5.88 Å². The van der Waals surface area contributed by atoms with Crippen LogP contribution < -0.4 is 9.46 Å². The van der Waals surface area contributed by atoms with Crippen molar-refractivity contribution in [3.05, 3.63) is 65.4 Å². The normalized spacial score (nSPS) is 18.1. The monoisotopic (exact) mass is 454 g/mol. The molecule has 0 bridgehead atoms. The number of carbonyl (C=O) groups is 1. The van der Waals surface area contributed by atoms with E-state index in [2.05, 4.69) is 14.8 Å². The van der Waals surface area contributed by atoms with Gasteiger partial charge in [0.25, 0.3) is 5.91 Å². The van der Waals surface area contributed by atoms with E-state index in [-0.39, 0.29) is 23.0 Å². The number of halogens is 4. The third kappa shape index (κ3) is 4.71. The molecule has 11 heteroatoms. The van der Waals surface area contributed by atoms with Crippen LogP contribution in [0.3, 0.4) is 0 Å². The van der Waals surface area contributed by atoms with Crippen LogP contribution in [0.2, 0.25) is 5.15 Å². The molecule has 4 rings (SSSR count). The highest BCUT2D eigenvalue weighted by Crippen LogP contribution is 2.46. The minimum Gasteiger partial charge on any atom is -0.473 e. The van der Waals surface area contributed by atoms with E-state index in [4.69, 9.17) is 16.3 Å². The molecule has 1 aromatic carbocycles. The predicted molar refractivity (Wildman–Crippen MR) is 105 cm³/mol. The number of rotatable bonds is 6. The summed E-state index contributed by atoms with van der Waals surface area (Å²) in [5, 5.41) is 4.04. The Morgan fingerprint density at radius 2 is 1.97 bits per heavy atom. The number of benzene rings is 1. The van der Waals surface area contributed by atoms with Gasteiger partial charge < -0.3 is 4.74 Å². The number of nitrogens with one attached hydrogen (secondary N) is 1. The quantitative estimate of drug-likeness (QED) is 0.432.